The molecule has 0 aromatic carbocycles. The van der Waals surface area contributed by atoms with Gasteiger partial charge >= 0.3 is 11.9 Å². The molecular formula is C12H20N4O5. The molecule has 1 rings (SSSR count). The number of esters is 2. The summed E-state index contributed by atoms with van der Waals surface area (Å²) in [6.45, 7) is 5.13. The Balaban J connectivity index is 2.67. The highest BCUT2D eigenvalue weighted by Crippen LogP contribution is 2.10. The molecule has 0 fully saturated rings. The third kappa shape index (κ3) is 5.03. The van der Waals surface area contributed by atoms with Gasteiger partial charge < -0.3 is 19.9 Å². The maximum atomic E-state index is 11.7. The van der Waals surface area contributed by atoms with Gasteiger partial charge in [0.1, 0.15) is 12.6 Å². The molecule has 1 unspecified atom stereocenters. The van der Waals surface area contributed by atoms with Crippen molar-refractivity contribution in [1.82, 2.24) is 15.0 Å². The van der Waals surface area contributed by atoms with Gasteiger partial charge in [0, 0.05) is 7.11 Å². The summed E-state index contributed by atoms with van der Waals surface area (Å²) >= 11 is 0. The van der Waals surface area contributed by atoms with Crippen molar-refractivity contribution >= 4 is 17.8 Å². The van der Waals surface area contributed by atoms with Gasteiger partial charge in [0.2, 0.25) is 5.69 Å². The normalized spacial score (nSPS) is 12.2. The van der Waals surface area contributed by atoms with Crippen LogP contribution in [0.25, 0.3) is 0 Å². The molecule has 9 heteroatoms. The van der Waals surface area contributed by atoms with Crippen LogP contribution in [0.15, 0.2) is 0 Å². The molecule has 9 nitrogen and oxygen atoms in total. The number of aromatic nitrogens is 3. The van der Waals surface area contributed by atoms with Crippen molar-refractivity contribution in [2.45, 2.75) is 39.5 Å². The first-order chi connectivity index (χ1) is 9.85. The van der Waals surface area contributed by atoms with Gasteiger partial charge in [0.25, 0.3) is 0 Å². The molecule has 0 saturated carbocycles. The Kier molecular flexibility index (Phi) is 6.10. The second-order valence-electron chi connectivity index (χ2n) is 4.69. The predicted molar refractivity (Wildman–Crippen MR) is 72.4 cm³/mol. The monoisotopic (exact) mass is 300 g/mol. The second-order valence-corrected chi connectivity index (χ2v) is 4.69. The molecule has 1 atom stereocenters. The van der Waals surface area contributed by atoms with Gasteiger partial charge in [-0.15, -0.1) is 5.10 Å². The fourth-order valence-electron chi connectivity index (χ4n) is 1.51. The number of nitrogen functional groups attached to an aromatic ring is 1. The lowest BCUT2D eigenvalue weighted by Gasteiger charge is -2.12. The maximum Gasteiger partial charge on any atom is 0.363 e. The molecule has 0 aliphatic rings. The van der Waals surface area contributed by atoms with E-state index in [9.17, 15) is 9.59 Å². The van der Waals surface area contributed by atoms with Crippen molar-refractivity contribution in [1.29, 1.82) is 0 Å². The minimum absolute atomic E-state index is 0.0444. The van der Waals surface area contributed by atoms with Crippen LogP contribution in [0.4, 0.5) is 5.82 Å². The van der Waals surface area contributed by atoms with Gasteiger partial charge in [0.15, 0.2) is 5.82 Å². The lowest BCUT2D eigenvalue weighted by molar-refractivity contribution is -0.151. The standard InChI is InChI=1S/C12H20N4O5/c1-7(2)20-12(18)10-11(13)16(15-14-10)5-9(17)21-8(3)6-19-4/h7-8H,5-6,13H2,1-4H3. The first kappa shape index (κ1) is 16.9. The van der Waals surface area contributed by atoms with Gasteiger partial charge in [-0.1, -0.05) is 5.21 Å². The zero-order valence-electron chi connectivity index (χ0n) is 12.5. The van der Waals surface area contributed by atoms with Gasteiger partial charge in [0.05, 0.1) is 12.7 Å². The van der Waals surface area contributed by atoms with Crippen LogP contribution in [0.2, 0.25) is 0 Å². The number of anilines is 1. The molecule has 1 heterocycles. The average Bonchev–Trinajstić information content (AvgIpc) is 2.70. The topological polar surface area (TPSA) is 119 Å². The quantitative estimate of drug-likeness (QED) is 0.699. The molecule has 0 saturated heterocycles. The van der Waals surface area contributed by atoms with E-state index >= 15 is 0 Å². The van der Waals surface area contributed by atoms with Crippen molar-refractivity contribution in [2.75, 3.05) is 19.5 Å². The highest BCUT2D eigenvalue weighted by atomic mass is 16.6. The number of nitrogens with zero attached hydrogens (tertiary/aromatic N) is 3. The minimum Gasteiger partial charge on any atom is -0.459 e. The maximum absolute atomic E-state index is 11.7. The predicted octanol–water partition coefficient (Wildman–Crippen LogP) is 0.00360. The SMILES string of the molecule is COCC(C)OC(=O)Cn1nnc(C(=O)OC(C)C)c1N. The smallest absolute Gasteiger partial charge is 0.363 e. The Morgan fingerprint density at radius 1 is 1.29 bits per heavy atom. The number of methoxy groups -OCH3 is 1. The Labute approximate surface area is 122 Å². The highest BCUT2D eigenvalue weighted by molar-refractivity contribution is 5.92. The third-order valence-electron chi connectivity index (χ3n) is 2.32. The van der Waals surface area contributed by atoms with Gasteiger partial charge in [-0.2, -0.15) is 0 Å². The fourth-order valence-corrected chi connectivity index (χ4v) is 1.51. The number of rotatable bonds is 7. The summed E-state index contributed by atoms with van der Waals surface area (Å²) in [5, 5.41) is 7.26. The van der Waals surface area contributed by atoms with E-state index < -0.39 is 18.0 Å². The van der Waals surface area contributed by atoms with Crippen LogP contribution in [-0.2, 0) is 25.5 Å². The van der Waals surface area contributed by atoms with Crippen LogP contribution in [0.5, 0.6) is 0 Å². The van der Waals surface area contributed by atoms with Crippen LogP contribution in [0.1, 0.15) is 31.3 Å². The Morgan fingerprint density at radius 3 is 2.52 bits per heavy atom. The number of carbonyl (C=O) groups is 2. The van der Waals surface area contributed by atoms with Crippen LogP contribution in [-0.4, -0.2) is 52.9 Å². The van der Waals surface area contributed by atoms with Crippen molar-refractivity contribution < 1.29 is 23.8 Å². The number of hydrogen-bond donors (Lipinski definition) is 1. The lowest BCUT2D eigenvalue weighted by atomic mass is 10.4. The van der Waals surface area contributed by atoms with Crippen molar-refractivity contribution in [2.24, 2.45) is 0 Å². The van der Waals surface area contributed by atoms with E-state index in [1.54, 1.807) is 20.8 Å². The molecule has 0 bridgehead atoms. The van der Waals surface area contributed by atoms with Crippen molar-refractivity contribution in [3.05, 3.63) is 5.69 Å². The largest absolute Gasteiger partial charge is 0.459 e. The highest BCUT2D eigenvalue weighted by Gasteiger charge is 2.21. The summed E-state index contributed by atoms with van der Waals surface area (Å²) in [5.41, 5.74) is 5.60. The first-order valence-corrected chi connectivity index (χ1v) is 6.43. The summed E-state index contributed by atoms with van der Waals surface area (Å²) in [4.78, 5) is 23.4. The molecule has 0 amide bonds. The lowest BCUT2D eigenvalue weighted by Crippen LogP contribution is -2.24. The van der Waals surface area contributed by atoms with Crippen LogP contribution < -0.4 is 5.73 Å². The summed E-state index contributed by atoms with van der Waals surface area (Å²) in [7, 11) is 1.51. The summed E-state index contributed by atoms with van der Waals surface area (Å²) in [6.07, 6.45) is -0.695. The van der Waals surface area contributed by atoms with E-state index in [-0.39, 0.29) is 30.8 Å². The van der Waals surface area contributed by atoms with E-state index in [4.69, 9.17) is 19.9 Å². The molecule has 2 N–H and O–H groups in total. The van der Waals surface area contributed by atoms with E-state index in [1.807, 2.05) is 0 Å². The van der Waals surface area contributed by atoms with Crippen LogP contribution >= 0.6 is 0 Å². The second kappa shape index (κ2) is 7.58. The fraction of sp³-hybridized carbons (Fsp3) is 0.667. The first-order valence-electron chi connectivity index (χ1n) is 6.43. The zero-order valence-corrected chi connectivity index (χ0v) is 12.5. The van der Waals surface area contributed by atoms with Gasteiger partial charge in [-0.25, -0.2) is 9.48 Å². The van der Waals surface area contributed by atoms with Crippen LogP contribution in [0, 0.1) is 0 Å². The number of nitrogens with two attached hydrogens (primary N) is 1. The molecule has 1 aromatic heterocycles. The number of ether oxygens (including phenoxy) is 3. The number of carbonyl (C=O) groups excluding carboxylic acids is 2. The Morgan fingerprint density at radius 2 is 1.95 bits per heavy atom. The van der Waals surface area contributed by atoms with E-state index in [0.717, 1.165) is 4.68 Å². The summed E-state index contributed by atoms with van der Waals surface area (Å²) in [5.74, 6) is -1.29. The third-order valence-corrected chi connectivity index (χ3v) is 2.32. The molecule has 0 aliphatic heterocycles. The molecule has 0 radical (unpaired) electrons. The van der Waals surface area contributed by atoms with Crippen LogP contribution in [0.3, 0.4) is 0 Å². The van der Waals surface area contributed by atoms with Crippen molar-refractivity contribution in [3.63, 3.8) is 0 Å². The van der Waals surface area contributed by atoms with Crippen molar-refractivity contribution in [3.8, 4) is 0 Å². The molecule has 0 aliphatic carbocycles. The van der Waals surface area contributed by atoms with Gasteiger partial charge in [-0.05, 0) is 20.8 Å². The van der Waals surface area contributed by atoms with E-state index in [2.05, 4.69) is 10.3 Å². The molecule has 1 aromatic rings. The summed E-state index contributed by atoms with van der Waals surface area (Å²) < 4.78 is 16.0. The van der Waals surface area contributed by atoms with Gasteiger partial charge in [-0.3, -0.25) is 4.79 Å². The minimum atomic E-state index is -0.685. The van der Waals surface area contributed by atoms with E-state index in [1.165, 1.54) is 7.11 Å². The molecule has 118 valence electrons. The Bertz CT molecular complexity index is 500. The zero-order chi connectivity index (χ0) is 16.0. The number of hydrogen-bond acceptors (Lipinski definition) is 8. The molecule has 0 spiro atoms. The molecule has 21 heavy (non-hydrogen) atoms. The van der Waals surface area contributed by atoms with E-state index in [0.29, 0.717) is 0 Å². The average molecular weight is 300 g/mol. The summed E-state index contributed by atoms with van der Waals surface area (Å²) in [6, 6.07) is 0. The Hall–Kier alpha value is -2.16. The molecular weight excluding hydrogens is 280 g/mol.